The van der Waals surface area contributed by atoms with Gasteiger partial charge in [0.15, 0.2) is 0 Å². The van der Waals surface area contributed by atoms with Gasteiger partial charge in [0.25, 0.3) is 0 Å². The minimum Gasteiger partial charge on any atom is -0.468 e. The lowest BCUT2D eigenvalue weighted by molar-refractivity contribution is 0.258. The van der Waals surface area contributed by atoms with Crippen molar-refractivity contribution in [2.24, 2.45) is 17.8 Å². The van der Waals surface area contributed by atoms with E-state index in [0.717, 1.165) is 30.7 Å². The summed E-state index contributed by atoms with van der Waals surface area (Å²) in [6.45, 7) is 8.86. The van der Waals surface area contributed by atoms with Crippen LogP contribution in [0.15, 0.2) is 34.5 Å². The van der Waals surface area contributed by atoms with E-state index in [1.807, 2.05) is 12.1 Å². The van der Waals surface area contributed by atoms with Crippen LogP contribution in [0, 0.1) is 17.8 Å². The molecule has 17 heavy (non-hydrogen) atoms. The Hall–Kier alpha value is -1.02. The third kappa shape index (κ3) is 3.22. The summed E-state index contributed by atoms with van der Waals surface area (Å²) in [5.74, 6) is 3.23. The van der Waals surface area contributed by atoms with Crippen molar-refractivity contribution in [3.63, 3.8) is 0 Å². The normalized spacial score (nSPS) is 29.1. The maximum Gasteiger partial charge on any atom is 0.117 e. The molecular weight excluding hydrogens is 210 g/mol. The summed E-state index contributed by atoms with van der Waals surface area (Å²) in [7, 11) is 0. The quantitative estimate of drug-likeness (QED) is 0.804. The molecule has 94 valence electrons. The molecule has 1 aromatic rings. The van der Waals surface area contributed by atoms with Crippen molar-refractivity contribution in [2.45, 2.75) is 33.7 Å². The first-order valence-corrected chi connectivity index (χ1v) is 6.57. The Kier molecular flexibility index (Phi) is 4.06. The summed E-state index contributed by atoms with van der Waals surface area (Å²) in [5, 5.41) is 3.51. The van der Waals surface area contributed by atoms with E-state index in [9.17, 15) is 0 Å². The number of hydrogen-bond acceptors (Lipinski definition) is 2. The molecule has 0 radical (unpaired) electrons. The zero-order chi connectivity index (χ0) is 12.3. The van der Waals surface area contributed by atoms with Crippen LogP contribution in [-0.2, 0) is 6.54 Å². The van der Waals surface area contributed by atoms with Gasteiger partial charge in [0.1, 0.15) is 5.76 Å². The molecule has 0 bridgehead atoms. The fraction of sp³-hybridized carbons (Fsp3) is 0.600. The van der Waals surface area contributed by atoms with Crippen molar-refractivity contribution in [2.75, 3.05) is 6.54 Å². The Morgan fingerprint density at radius 3 is 2.88 bits per heavy atom. The fourth-order valence-electron chi connectivity index (χ4n) is 2.98. The van der Waals surface area contributed by atoms with Crippen LogP contribution in [0.4, 0.5) is 0 Å². The van der Waals surface area contributed by atoms with Crippen LogP contribution in [0.2, 0.25) is 0 Å². The SMILES string of the molecule is CC1=C[C@H](C)[C@H](CNCc2ccco2)[C@@H](C)C1. The Labute approximate surface area is 104 Å². The van der Waals surface area contributed by atoms with Gasteiger partial charge in [0, 0.05) is 0 Å². The number of rotatable bonds is 4. The van der Waals surface area contributed by atoms with E-state index >= 15 is 0 Å². The molecule has 2 nitrogen and oxygen atoms in total. The predicted molar refractivity (Wildman–Crippen MR) is 70.6 cm³/mol. The second kappa shape index (κ2) is 5.54. The molecule has 0 amide bonds. The monoisotopic (exact) mass is 233 g/mol. The smallest absolute Gasteiger partial charge is 0.117 e. The molecule has 0 saturated heterocycles. The van der Waals surface area contributed by atoms with Gasteiger partial charge in [-0.25, -0.2) is 0 Å². The Bertz CT molecular complexity index is 366. The molecule has 0 spiro atoms. The van der Waals surface area contributed by atoms with Gasteiger partial charge in [-0.05, 0) is 49.8 Å². The van der Waals surface area contributed by atoms with Gasteiger partial charge in [-0.1, -0.05) is 25.5 Å². The van der Waals surface area contributed by atoms with Gasteiger partial charge in [-0.3, -0.25) is 0 Å². The zero-order valence-corrected chi connectivity index (χ0v) is 11.1. The predicted octanol–water partition coefficient (Wildman–Crippen LogP) is 3.61. The fourth-order valence-corrected chi connectivity index (χ4v) is 2.98. The van der Waals surface area contributed by atoms with Crippen molar-refractivity contribution in [1.29, 1.82) is 0 Å². The van der Waals surface area contributed by atoms with E-state index in [1.165, 1.54) is 6.42 Å². The number of nitrogens with one attached hydrogen (secondary N) is 1. The highest BCUT2D eigenvalue weighted by molar-refractivity contribution is 5.08. The molecule has 1 aliphatic carbocycles. The number of hydrogen-bond donors (Lipinski definition) is 1. The zero-order valence-electron chi connectivity index (χ0n) is 11.1. The molecule has 0 fully saturated rings. The first-order valence-electron chi connectivity index (χ1n) is 6.57. The molecule has 1 heterocycles. The van der Waals surface area contributed by atoms with E-state index in [-0.39, 0.29) is 0 Å². The molecule has 2 heteroatoms. The van der Waals surface area contributed by atoms with Gasteiger partial charge in [0.05, 0.1) is 12.8 Å². The summed E-state index contributed by atoms with van der Waals surface area (Å²) >= 11 is 0. The topological polar surface area (TPSA) is 25.2 Å². The minimum atomic E-state index is 0.683. The molecular formula is C15H23NO. The largest absolute Gasteiger partial charge is 0.468 e. The van der Waals surface area contributed by atoms with E-state index in [4.69, 9.17) is 4.42 Å². The van der Waals surface area contributed by atoms with Crippen molar-refractivity contribution in [1.82, 2.24) is 5.32 Å². The third-order valence-electron chi connectivity index (χ3n) is 3.86. The molecule has 1 aromatic heterocycles. The van der Waals surface area contributed by atoms with Crippen molar-refractivity contribution in [3.8, 4) is 0 Å². The van der Waals surface area contributed by atoms with Crippen molar-refractivity contribution >= 4 is 0 Å². The second-order valence-electron chi connectivity index (χ2n) is 5.43. The van der Waals surface area contributed by atoms with E-state index in [1.54, 1.807) is 11.8 Å². The summed E-state index contributed by atoms with van der Waals surface area (Å²) in [6.07, 6.45) is 5.41. The second-order valence-corrected chi connectivity index (χ2v) is 5.43. The van der Waals surface area contributed by atoms with Crippen LogP contribution in [0.1, 0.15) is 33.0 Å². The lowest BCUT2D eigenvalue weighted by atomic mass is 9.75. The highest BCUT2D eigenvalue weighted by atomic mass is 16.3. The lowest BCUT2D eigenvalue weighted by Gasteiger charge is -2.33. The van der Waals surface area contributed by atoms with Crippen molar-refractivity contribution in [3.05, 3.63) is 35.8 Å². The highest BCUT2D eigenvalue weighted by Crippen LogP contribution is 2.32. The molecule has 2 rings (SSSR count). The standard InChI is InChI=1S/C15H23NO/c1-11-7-12(2)15(13(3)8-11)10-16-9-14-5-4-6-17-14/h4-7,12-13,15-16H,8-10H2,1-3H3/t12-,13-,15-/m0/s1. The van der Waals surface area contributed by atoms with Gasteiger partial charge in [0.2, 0.25) is 0 Å². The van der Waals surface area contributed by atoms with Crippen molar-refractivity contribution < 1.29 is 4.42 Å². The first kappa shape index (κ1) is 12.4. The maximum absolute atomic E-state index is 5.32. The van der Waals surface area contributed by atoms with Crippen LogP contribution in [0.5, 0.6) is 0 Å². The Balaban J connectivity index is 1.82. The van der Waals surface area contributed by atoms with Gasteiger partial charge in [-0.2, -0.15) is 0 Å². The molecule has 1 N–H and O–H groups in total. The summed E-state index contributed by atoms with van der Waals surface area (Å²) in [4.78, 5) is 0. The summed E-state index contributed by atoms with van der Waals surface area (Å²) in [6, 6.07) is 3.96. The summed E-state index contributed by atoms with van der Waals surface area (Å²) in [5.41, 5.74) is 1.55. The molecule has 0 aromatic carbocycles. The van der Waals surface area contributed by atoms with Gasteiger partial charge in [-0.15, -0.1) is 0 Å². The number of allylic oxidation sites excluding steroid dienone is 2. The third-order valence-corrected chi connectivity index (χ3v) is 3.86. The van der Waals surface area contributed by atoms with Crippen LogP contribution < -0.4 is 5.32 Å². The van der Waals surface area contributed by atoms with Crippen LogP contribution in [-0.4, -0.2) is 6.54 Å². The molecule has 1 aliphatic rings. The summed E-state index contributed by atoms with van der Waals surface area (Å²) < 4.78 is 5.32. The van der Waals surface area contributed by atoms with E-state index < -0.39 is 0 Å². The van der Waals surface area contributed by atoms with Crippen LogP contribution in [0.3, 0.4) is 0 Å². The molecule has 0 aliphatic heterocycles. The lowest BCUT2D eigenvalue weighted by Crippen LogP contribution is -2.33. The Morgan fingerprint density at radius 1 is 1.41 bits per heavy atom. The van der Waals surface area contributed by atoms with E-state index in [2.05, 4.69) is 32.2 Å². The molecule has 3 atom stereocenters. The van der Waals surface area contributed by atoms with Crippen LogP contribution in [0.25, 0.3) is 0 Å². The first-order chi connectivity index (χ1) is 8.16. The average molecular weight is 233 g/mol. The molecule has 0 unspecified atom stereocenters. The molecule has 0 saturated carbocycles. The highest BCUT2D eigenvalue weighted by Gasteiger charge is 2.26. The Morgan fingerprint density at radius 2 is 2.24 bits per heavy atom. The minimum absolute atomic E-state index is 0.683. The van der Waals surface area contributed by atoms with Gasteiger partial charge < -0.3 is 9.73 Å². The van der Waals surface area contributed by atoms with Gasteiger partial charge >= 0.3 is 0 Å². The average Bonchev–Trinajstić information content (AvgIpc) is 2.74. The van der Waals surface area contributed by atoms with Crippen LogP contribution >= 0.6 is 0 Å². The maximum atomic E-state index is 5.32. The van der Waals surface area contributed by atoms with E-state index in [0.29, 0.717) is 5.92 Å². The number of furan rings is 1.